The molecule has 6 heteroatoms. The topological polar surface area (TPSA) is 44.4 Å². The van der Waals surface area contributed by atoms with E-state index in [1.165, 1.54) is 5.01 Å². The zero-order valence-corrected chi connectivity index (χ0v) is 14.5. The first-order valence-corrected chi connectivity index (χ1v) is 7.96. The molecule has 1 aliphatic heterocycles. The SMILES string of the molecule is CN1NC(C)(c2ccc(Br)cc2)Nc2ccc(Cl)cc2C1=O. The maximum atomic E-state index is 12.5. The number of amides is 1. The van der Waals surface area contributed by atoms with Crippen molar-refractivity contribution in [1.29, 1.82) is 0 Å². The number of halogens is 2. The number of hydrazine groups is 1. The molecule has 2 N–H and O–H groups in total. The second kappa shape index (κ2) is 5.57. The number of carbonyl (C=O) groups is 1. The quantitative estimate of drug-likeness (QED) is 0.786. The number of rotatable bonds is 1. The Labute approximate surface area is 142 Å². The summed E-state index contributed by atoms with van der Waals surface area (Å²) in [5, 5.41) is 5.43. The Morgan fingerprint density at radius 2 is 1.86 bits per heavy atom. The Balaban J connectivity index is 2.10. The van der Waals surface area contributed by atoms with Gasteiger partial charge in [0.25, 0.3) is 5.91 Å². The van der Waals surface area contributed by atoms with E-state index < -0.39 is 5.66 Å². The smallest absolute Gasteiger partial charge is 0.269 e. The van der Waals surface area contributed by atoms with Crippen molar-refractivity contribution in [2.75, 3.05) is 12.4 Å². The molecule has 2 aromatic carbocycles. The van der Waals surface area contributed by atoms with Crippen molar-refractivity contribution >= 4 is 39.1 Å². The number of anilines is 1. The van der Waals surface area contributed by atoms with Crippen molar-refractivity contribution in [3.05, 3.63) is 63.1 Å². The first-order chi connectivity index (χ1) is 10.4. The summed E-state index contributed by atoms with van der Waals surface area (Å²) in [5.41, 5.74) is 4.90. The Hall–Kier alpha value is -1.56. The van der Waals surface area contributed by atoms with Gasteiger partial charge in [-0.1, -0.05) is 39.7 Å². The number of nitrogens with one attached hydrogen (secondary N) is 2. The van der Waals surface area contributed by atoms with Gasteiger partial charge in [-0.05, 0) is 42.8 Å². The van der Waals surface area contributed by atoms with Gasteiger partial charge in [0.05, 0.1) is 5.56 Å². The molecule has 1 atom stereocenters. The third-order valence-corrected chi connectivity index (χ3v) is 4.48. The number of fused-ring (bicyclic) bond motifs is 1. The Morgan fingerprint density at radius 3 is 2.55 bits per heavy atom. The highest BCUT2D eigenvalue weighted by Crippen LogP contribution is 2.31. The highest BCUT2D eigenvalue weighted by molar-refractivity contribution is 9.10. The zero-order valence-electron chi connectivity index (χ0n) is 12.2. The lowest BCUT2D eigenvalue weighted by molar-refractivity contribution is 0.0649. The summed E-state index contributed by atoms with van der Waals surface area (Å²) >= 11 is 9.46. The zero-order chi connectivity index (χ0) is 15.9. The third kappa shape index (κ3) is 2.72. The molecule has 1 unspecified atom stereocenters. The molecule has 0 radical (unpaired) electrons. The van der Waals surface area contributed by atoms with Crippen molar-refractivity contribution in [3.8, 4) is 0 Å². The molecule has 4 nitrogen and oxygen atoms in total. The Bertz CT molecular complexity index is 735. The number of hydrogen-bond acceptors (Lipinski definition) is 3. The second-order valence-electron chi connectivity index (χ2n) is 5.42. The molecule has 114 valence electrons. The molecule has 0 aromatic heterocycles. The maximum absolute atomic E-state index is 12.5. The van der Waals surface area contributed by atoms with Gasteiger partial charge in [0.1, 0.15) is 5.66 Å². The van der Waals surface area contributed by atoms with Crippen molar-refractivity contribution in [2.45, 2.75) is 12.6 Å². The van der Waals surface area contributed by atoms with E-state index in [2.05, 4.69) is 26.7 Å². The first kappa shape index (κ1) is 15.3. The van der Waals surface area contributed by atoms with Crippen LogP contribution in [0.5, 0.6) is 0 Å². The molecular formula is C16H15BrClN3O. The van der Waals surface area contributed by atoms with Crippen LogP contribution in [-0.2, 0) is 5.66 Å². The largest absolute Gasteiger partial charge is 0.362 e. The fourth-order valence-electron chi connectivity index (χ4n) is 2.59. The fraction of sp³-hybridized carbons (Fsp3) is 0.188. The van der Waals surface area contributed by atoms with E-state index in [1.54, 1.807) is 19.2 Å². The normalized spacial score (nSPS) is 21.1. The predicted octanol–water partition coefficient (Wildman–Crippen LogP) is 3.98. The number of benzene rings is 2. The monoisotopic (exact) mass is 379 g/mol. The van der Waals surface area contributed by atoms with Gasteiger partial charge >= 0.3 is 0 Å². The summed E-state index contributed by atoms with van der Waals surface area (Å²) < 4.78 is 1.00. The van der Waals surface area contributed by atoms with Crippen LogP contribution in [0.25, 0.3) is 0 Å². The average molecular weight is 381 g/mol. The molecule has 0 fully saturated rings. The minimum Gasteiger partial charge on any atom is -0.362 e. The highest BCUT2D eigenvalue weighted by Gasteiger charge is 2.34. The summed E-state index contributed by atoms with van der Waals surface area (Å²) in [6, 6.07) is 13.2. The number of nitrogens with zero attached hydrogens (tertiary/aromatic N) is 1. The minimum absolute atomic E-state index is 0.133. The van der Waals surface area contributed by atoms with Gasteiger partial charge in [0.2, 0.25) is 0 Å². The predicted molar refractivity (Wildman–Crippen MR) is 91.8 cm³/mol. The van der Waals surface area contributed by atoms with Crippen molar-refractivity contribution in [3.63, 3.8) is 0 Å². The lowest BCUT2D eigenvalue weighted by Gasteiger charge is -2.34. The molecule has 0 bridgehead atoms. The fourth-order valence-corrected chi connectivity index (χ4v) is 3.02. The molecule has 0 aliphatic carbocycles. The molecule has 0 spiro atoms. The lowest BCUT2D eigenvalue weighted by atomic mass is 10.0. The molecule has 2 aromatic rings. The van der Waals surface area contributed by atoms with E-state index in [0.29, 0.717) is 10.6 Å². The van der Waals surface area contributed by atoms with Gasteiger partial charge in [-0.15, -0.1) is 0 Å². The van der Waals surface area contributed by atoms with Crippen LogP contribution in [0, 0.1) is 0 Å². The Morgan fingerprint density at radius 1 is 1.18 bits per heavy atom. The van der Waals surface area contributed by atoms with Crippen LogP contribution in [0.2, 0.25) is 5.02 Å². The summed E-state index contributed by atoms with van der Waals surface area (Å²) in [6.45, 7) is 1.99. The molecular weight excluding hydrogens is 366 g/mol. The van der Waals surface area contributed by atoms with Crippen molar-refractivity contribution < 1.29 is 4.79 Å². The van der Waals surface area contributed by atoms with Crippen LogP contribution < -0.4 is 10.7 Å². The summed E-state index contributed by atoms with van der Waals surface area (Å²) in [6.07, 6.45) is 0. The van der Waals surface area contributed by atoms with Gasteiger partial charge < -0.3 is 5.32 Å². The Kier molecular flexibility index (Phi) is 3.89. The van der Waals surface area contributed by atoms with Crippen LogP contribution in [0.1, 0.15) is 22.8 Å². The average Bonchev–Trinajstić information content (AvgIpc) is 2.57. The highest BCUT2D eigenvalue weighted by atomic mass is 79.9. The van der Waals surface area contributed by atoms with Gasteiger partial charge in [0, 0.05) is 22.2 Å². The van der Waals surface area contributed by atoms with E-state index in [-0.39, 0.29) is 5.91 Å². The van der Waals surface area contributed by atoms with Gasteiger partial charge in [-0.2, -0.15) is 0 Å². The summed E-state index contributed by atoms with van der Waals surface area (Å²) in [5.74, 6) is -0.133. The van der Waals surface area contributed by atoms with Crippen LogP contribution in [0.4, 0.5) is 5.69 Å². The van der Waals surface area contributed by atoms with Crippen LogP contribution in [0.3, 0.4) is 0 Å². The minimum atomic E-state index is -0.621. The standard InChI is InChI=1S/C16H15BrClN3O/c1-16(10-3-5-11(17)6-4-10)19-14-8-7-12(18)9-13(14)15(22)21(2)20-16/h3-9,19-20H,1-2H3. The van der Waals surface area contributed by atoms with Crippen LogP contribution in [0.15, 0.2) is 46.9 Å². The number of carbonyl (C=O) groups excluding carboxylic acids is 1. The van der Waals surface area contributed by atoms with Gasteiger partial charge in [-0.25, -0.2) is 5.43 Å². The van der Waals surface area contributed by atoms with E-state index in [4.69, 9.17) is 11.6 Å². The van der Waals surface area contributed by atoms with Crippen molar-refractivity contribution in [1.82, 2.24) is 10.4 Å². The molecule has 1 heterocycles. The molecule has 3 rings (SSSR count). The summed E-state index contributed by atoms with van der Waals surface area (Å²) in [7, 11) is 1.71. The lowest BCUT2D eigenvalue weighted by Crippen LogP contribution is -2.53. The van der Waals surface area contributed by atoms with Crippen LogP contribution >= 0.6 is 27.5 Å². The van der Waals surface area contributed by atoms with Crippen molar-refractivity contribution in [2.24, 2.45) is 0 Å². The van der Waals surface area contributed by atoms with E-state index in [9.17, 15) is 4.79 Å². The van der Waals surface area contributed by atoms with E-state index in [0.717, 1.165) is 15.7 Å². The molecule has 22 heavy (non-hydrogen) atoms. The maximum Gasteiger partial charge on any atom is 0.269 e. The molecule has 1 aliphatic rings. The third-order valence-electron chi connectivity index (χ3n) is 3.71. The number of hydrogen-bond donors (Lipinski definition) is 2. The van der Waals surface area contributed by atoms with E-state index in [1.807, 2.05) is 37.3 Å². The van der Waals surface area contributed by atoms with Gasteiger partial charge in [0.15, 0.2) is 0 Å². The second-order valence-corrected chi connectivity index (χ2v) is 6.77. The van der Waals surface area contributed by atoms with Gasteiger partial charge in [-0.3, -0.25) is 9.80 Å². The molecule has 1 amide bonds. The molecule has 0 saturated carbocycles. The summed E-state index contributed by atoms with van der Waals surface area (Å²) in [4.78, 5) is 12.5. The molecule has 0 saturated heterocycles. The first-order valence-electron chi connectivity index (χ1n) is 6.79. The van der Waals surface area contributed by atoms with Crippen LogP contribution in [-0.4, -0.2) is 18.0 Å². The van der Waals surface area contributed by atoms with E-state index >= 15 is 0 Å².